The molecule has 1 atom stereocenters. The number of aliphatic hydroxyl groups is 1. The zero-order valence-corrected chi connectivity index (χ0v) is 14.1. The standard InChI is InChI=1S/C20H21NO3/c1-12-8-9-17-15(11-24-20(17)13(12)2)10-19(23)21-18-7-5-4-6-16(18)14(3)22/h4-9,11,14,22H,10H2,1-3H3,(H,21,23). The lowest BCUT2D eigenvalue weighted by molar-refractivity contribution is -0.115. The molecule has 0 aliphatic rings. The van der Waals surface area contributed by atoms with E-state index in [1.165, 1.54) is 5.56 Å². The van der Waals surface area contributed by atoms with Crippen molar-refractivity contribution in [2.24, 2.45) is 0 Å². The molecule has 0 bridgehead atoms. The number of para-hydroxylation sites is 1. The predicted molar refractivity (Wildman–Crippen MR) is 95.1 cm³/mol. The van der Waals surface area contributed by atoms with Gasteiger partial charge in [0, 0.05) is 22.2 Å². The largest absolute Gasteiger partial charge is 0.464 e. The summed E-state index contributed by atoms with van der Waals surface area (Å²) in [5.41, 5.74) is 5.30. The van der Waals surface area contributed by atoms with Gasteiger partial charge in [-0.3, -0.25) is 4.79 Å². The van der Waals surface area contributed by atoms with Crippen molar-refractivity contribution >= 4 is 22.6 Å². The molecule has 2 N–H and O–H groups in total. The molecule has 0 aliphatic carbocycles. The fourth-order valence-electron chi connectivity index (χ4n) is 2.87. The first-order valence-electron chi connectivity index (χ1n) is 8.00. The number of aryl methyl sites for hydroxylation is 2. The molecular formula is C20H21NO3. The maximum atomic E-state index is 12.4. The van der Waals surface area contributed by atoms with Crippen LogP contribution in [-0.4, -0.2) is 11.0 Å². The first kappa shape index (κ1) is 16.3. The summed E-state index contributed by atoms with van der Waals surface area (Å²) in [4.78, 5) is 12.4. The Morgan fingerprint density at radius 2 is 1.96 bits per heavy atom. The molecule has 4 nitrogen and oxygen atoms in total. The molecule has 1 amide bonds. The van der Waals surface area contributed by atoms with Crippen molar-refractivity contribution in [1.82, 2.24) is 0 Å². The number of carbonyl (C=O) groups excluding carboxylic acids is 1. The summed E-state index contributed by atoms with van der Waals surface area (Å²) in [5, 5.41) is 13.7. The van der Waals surface area contributed by atoms with Crippen LogP contribution in [-0.2, 0) is 11.2 Å². The second-order valence-electron chi connectivity index (χ2n) is 6.13. The van der Waals surface area contributed by atoms with Crippen molar-refractivity contribution < 1.29 is 14.3 Å². The summed E-state index contributed by atoms with van der Waals surface area (Å²) in [5.74, 6) is -0.135. The van der Waals surface area contributed by atoms with Crippen LogP contribution in [0.15, 0.2) is 47.1 Å². The molecule has 1 heterocycles. The van der Waals surface area contributed by atoms with E-state index in [4.69, 9.17) is 4.42 Å². The lowest BCUT2D eigenvalue weighted by atomic mass is 10.0. The Morgan fingerprint density at radius 1 is 1.21 bits per heavy atom. The number of amides is 1. The molecule has 1 aromatic heterocycles. The Labute approximate surface area is 141 Å². The highest BCUT2D eigenvalue weighted by atomic mass is 16.3. The van der Waals surface area contributed by atoms with Gasteiger partial charge < -0.3 is 14.8 Å². The summed E-state index contributed by atoms with van der Waals surface area (Å²) < 4.78 is 5.65. The maximum absolute atomic E-state index is 12.4. The number of anilines is 1. The monoisotopic (exact) mass is 323 g/mol. The van der Waals surface area contributed by atoms with E-state index in [0.29, 0.717) is 11.3 Å². The Balaban J connectivity index is 1.83. The average molecular weight is 323 g/mol. The quantitative estimate of drug-likeness (QED) is 0.753. The highest BCUT2D eigenvalue weighted by molar-refractivity contribution is 5.96. The number of fused-ring (bicyclic) bond motifs is 1. The van der Waals surface area contributed by atoms with Gasteiger partial charge in [0.15, 0.2) is 0 Å². The van der Waals surface area contributed by atoms with Gasteiger partial charge in [0.1, 0.15) is 5.58 Å². The molecule has 4 heteroatoms. The van der Waals surface area contributed by atoms with Crippen molar-refractivity contribution in [3.05, 3.63) is 64.9 Å². The van der Waals surface area contributed by atoms with E-state index in [1.807, 2.05) is 38.1 Å². The highest BCUT2D eigenvalue weighted by Gasteiger charge is 2.14. The number of carbonyl (C=O) groups is 1. The van der Waals surface area contributed by atoms with Crippen LogP contribution in [0.3, 0.4) is 0 Å². The van der Waals surface area contributed by atoms with Gasteiger partial charge >= 0.3 is 0 Å². The molecule has 24 heavy (non-hydrogen) atoms. The Bertz CT molecular complexity index is 893. The third-order valence-corrected chi connectivity index (χ3v) is 4.38. The van der Waals surface area contributed by atoms with Crippen LogP contribution in [0.2, 0.25) is 0 Å². The topological polar surface area (TPSA) is 62.5 Å². The smallest absolute Gasteiger partial charge is 0.228 e. The number of hydrogen-bond acceptors (Lipinski definition) is 3. The van der Waals surface area contributed by atoms with Crippen molar-refractivity contribution in [1.29, 1.82) is 0 Å². The Morgan fingerprint density at radius 3 is 2.71 bits per heavy atom. The van der Waals surface area contributed by atoms with E-state index >= 15 is 0 Å². The van der Waals surface area contributed by atoms with E-state index in [-0.39, 0.29) is 12.3 Å². The zero-order chi connectivity index (χ0) is 17.3. The second-order valence-corrected chi connectivity index (χ2v) is 6.13. The first-order chi connectivity index (χ1) is 11.5. The van der Waals surface area contributed by atoms with Gasteiger partial charge in [0.2, 0.25) is 5.91 Å². The molecule has 0 fully saturated rings. The summed E-state index contributed by atoms with van der Waals surface area (Å²) in [7, 11) is 0. The zero-order valence-electron chi connectivity index (χ0n) is 14.1. The lowest BCUT2D eigenvalue weighted by Gasteiger charge is -2.12. The molecule has 124 valence electrons. The molecule has 2 aromatic carbocycles. The summed E-state index contributed by atoms with van der Waals surface area (Å²) in [6.07, 6.45) is 1.24. The number of aliphatic hydroxyl groups excluding tert-OH is 1. The van der Waals surface area contributed by atoms with Crippen LogP contribution >= 0.6 is 0 Å². The van der Waals surface area contributed by atoms with Crippen LogP contribution in [0.25, 0.3) is 11.0 Å². The predicted octanol–water partition coefficient (Wildman–Crippen LogP) is 4.28. The fourth-order valence-corrected chi connectivity index (χ4v) is 2.87. The molecule has 3 rings (SSSR count). The van der Waals surface area contributed by atoms with Crippen LogP contribution in [0.1, 0.15) is 35.3 Å². The van der Waals surface area contributed by atoms with Crippen LogP contribution in [0.5, 0.6) is 0 Å². The normalized spacial score (nSPS) is 12.3. The van der Waals surface area contributed by atoms with Gasteiger partial charge in [-0.25, -0.2) is 0 Å². The van der Waals surface area contributed by atoms with E-state index in [2.05, 4.69) is 5.32 Å². The third-order valence-electron chi connectivity index (χ3n) is 4.38. The van der Waals surface area contributed by atoms with Crippen LogP contribution in [0.4, 0.5) is 5.69 Å². The lowest BCUT2D eigenvalue weighted by Crippen LogP contribution is -2.16. The number of benzene rings is 2. The minimum absolute atomic E-state index is 0.135. The molecule has 0 saturated heterocycles. The van der Waals surface area contributed by atoms with Crippen LogP contribution < -0.4 is 5.32 Å². The van der Waals surface area contributed by atoms with E-state index in [0.717, 1.165) is 22.1 Å². The molecule has 0 spiro atoms. The highest BCUT2D eigenvalue weighted by Crippen LogP contribution is 2.27. The van der Waals surface area contributed by atoms with Gasteiger partial charge in [-0.15, -0.1) is 0 Å². The fraction of sp³-hybridized carbons (Fsp3) is 0.250. The summed E-state index contributed by atoms with van der Waals surface area (Å²) in [6.45, 7) is 5.74. The van der Waals surface area contributed by atoms with E-state index < -0.39 is 6.10 Å². The van der Waals surface area contributed by atoms with Crippen molar-refractivity contribution in [2.75, 3.05) is 5.32 Å². The Hall–Kier alpha value is -2.59. The molecule has 0 aliphatic heterocycles. The van der Waals surface area contributed by atoms with Gasteiger partial charge in [0.25, 0.3) is 0 Å². The number of hydrogen-bond donors (Lipinski definition) is 2. The summed E-state index contributed by atoms with van der Waals surface area (Å²) >= 11 is 0. The minimum atomic E-state index is -0.637. The summed E-state index contributed by atoms with van der Waals surface area (Å²) in [6, 6.07) is 11.3. The number of furan rings is 1. The first-order valence-corrected chi connectivity index (χ1v) is 8.00. The van der Waals surface area contributed by atoms with E-state index in [9.17, 15) is 9.90 Å². The number of nitrogens with one attached hydrogen (secondary N) is 1. The molecular weight excluding hydrogens is 302 g/mol. The average Bonchev–Trinajstić information content (AvgIpc) is 2.94. The van der Waals surface area contributed by atoms with Gasteiger partial charge in [-0.1, -0.05) is 30.3 Å². The van der Waals surface area contributed by atoms with Crippen molar-refractivity contribution in [2.45, 2.75) is 33.3 Å². The van der Waals surface area contributed by atoms with Crippen molar-refractivity contribution in [3.8, 4) is 0 Å². The SMILES string of the molecule is Cc1ccc2c(CC(=O)Nc3ccccc3C(C)O)coc2c1C. The number of rotatable bonds is 4. The molecule has 3 aromatic rings. The van der Waals surface area contributed by atoms with Crippen molar-refractivity contribution in [3.63, 3.8) is 0 Å². The minimum Gasteiger partial charge on any atom is -0.464 e. The molecule has 0 saturated carbocycles. The molecule has 1 unspecified atom stereocenters. The van der Waals surface area contributed by atoms with E-state index in [1.54, 1.807) is 25.3 Å². The van der Waals surface area contributed by atoms with Crippen LogP contribution in [0, 0.1) is 13.8 Å². The maximum Gasteiger partial charge on any atom is 0.228 e. The second kappa shape index (κ2) is 6.49. The van der Waals surface area contributed by atoms with Gasteiger partial charge in [-0.2, -0.15) is 0 Å². The Kier molecular flexibility index (Phi) is 4.40. The third kappa shape index (κ3) is 3.05. The molecule has 0 radical (unpaired) electrons. The van der Waals surface area contributed by atoms with Gasteiger partial charge in [-0.05, 0) is 38.0 Å². The van der Waals surface area contributed by atoms with Gasteiger partial charge in [0.05, 0.1) is 18.8 Å².